The Bertz CT molecular complexity index is 477. The van der Waals surface area contributed by atoms with Crippen LogP contribution in [-0.4, -0.2) is 29.6 Å². The van der Waals surface area contributed by atoms with Crippen molar-refractivity contribution in [2.45, 2.75) is 30.2 Å². The zero-order valence-electron chi connectivity index (χ0n) is 10.4. The Morgan fingerprint density at radius 3 is 2.83 bits per heavy atom. The molecule has 3 nitrogen and oxygen atoms in total. The van der Waals surface area contributed by atoms with Gasteiger partial charge >= 0.3 is 0 Å². The molecule has 18 heavy (non-hydrogen) atoms. The number of hydrogen-bond donors (Lipinski definition) is 0. The number of amides is 1. The molecule has 1 fully saturated rings. The molecule has 0 unspecified atom stereocenters. The van der Waals surface area contributed by atoms with Gasteiger partial charge in [0.25, 0.3) is 5.91 Å². The maximum atomic E-state index is 12.5. The van der Waals surface area contributed by atoms with E-state index >= 15 is 0 Å². The van der Waals surface area contributed by atoms with Gasteiger partial charge in [0.1, 0.15) is 0 Å². The molecule has 0 N–H and O–H groups in total. The summed E-state index contributed by atoms with van der Waals surface area (Å²) in [7, 11) is 0. The van der Waals surface area contributed by atoms with Crippen LogP contribution in [-0.2, 0) is 0 Å². The maximum Gasteiger partial charge on any atom is 0.255 e. The van der Waals surface area contributed by atoms with Gasteiger partial charge in [0, 0.05) is 17.5 Å². The van der Waals surface area contributed by atoms with E-state index in [1.807, 2.05) is 35.4 Å². The summed E-state index contributed by atoms with van der Waals surface area (Å²) in [6.07, 6.45) is 4.52. The molecular weight excluding hydrogens is 244 g/mol. The van der Waals surface area contributed by atoms with Gasteiger partial charge in [-0.1, -0.05) is 12.1 Å². The highest BCUT2D eigenvalue weighted by atomic mass is 32.2. The van der Waals surface area contributed by atoms with Crippen LogP contribution in [0.5, 0.6) is 0 Å². The van der Waals surface area contributed by atoms with Crippen molar-refractivity contribution in [2.75, 3.05) is 12.8 Å². The van der Waals surface area contributed by atoms with Crippen LogP contribution < -0.4 is 0 Å². The molecule has 4 heteroatoms. The molecule has 1 aromatic rings. The molecule has 1 aliphatic rings. The normalized spacial score (nSPS) is 14.0. The molecule has 94 valence electrons. The van der Waals surface area contributed by atoms with Crippen molar-refractivity contribution >= 4 is 17.7 Å². The lowest BCUT2D eigenvalue weighted by atomic mass is 10.2. The summed E-state index contributed by atoms with van der Waals surface area (Å²) in [6, 6.07) is 10.1. The summed E-state index contributed by atoms with van der Waals surface area (Å²) in [4.78, 5) is 15.4. The molecular formula is C14H16N2OS. The fraction of sp³-hybridized carbons (Fsp3) is 0.429. The molecule has 0 saturated heterocycles. The Kier molecular flexibility index (Phi) is 4.27. The maximum absolute atomic E-state index is 12.5. The first kappa shape index (κ1) is 13.0. The van der Waals surface area contributed by atoms with Crippen LogP contribution in [0.25, 0.3) is 0 Å². The Balaban J connectivity index is 2.19. The van der Waals surface area contributed by atoms with Gasteiger partial charge in [-0.25, -0.2) is 0 Å². The topological polar surface area (TPSA) is 44.1 Å². The fourth-order valence-corrected chi connectivity index (χ4v) is 2.57. The molecule has 1 aliphatic carbocycles. The van der Waals surface area contributed by atoms with Gasteiger partial charge in [0.15, 0.2) is 0 Å². The second kappa shape index (κ2) is 5.92. The summed E-state index contributed by atoms with van der Waals surface area (Å²) in [5.41, 5.74) is 0.759. The third-order valence-corrected chi connectivity index (χ3v) is 3.85. The number of carbonyl (C=O) groups is 1. The van der Waals surface area contributed by atoms with Crippen LogP contribution >= 0.6 is 11.8 Å². The smallest absolute Gasteiger partial charge is 0.255 e. The number of benzene rings is 1. The van der Waals surface area contributed by atoms with E-state index in [1.165, 1.54) is 0 Å². The Morgan fingerprint density at radius 2 is 2.22 bits per heavy atom. The van der Waals surface area contributed by atoms with Crippen molar-refractivity contribution in [2.24, 2.45) is 0 Å². The van der Waals surface area contributed by atoms with E-state index in [0.717, 1.165) is 23.3 Å². The second-order valence-electron chi connectivity index (χ2n) is 4.34. The Morgan fingerprint density at radius 1 is 1.50 bits per heavy atom. The van der Waals surface area contributed by atoms with Crippen molar-refractivity contribution < 1.29 is 4.79 Å². The summed E-state index contributed by atoms with van der Waals surface area (Å²) in [6.45, 7) is 0.544. The van der Waals surface area contributed by atoms with E-state index in [9.17, 15) is 4.79 Å². The number of thioether (sulfide) groups is 1. The average Bonchev–Trinajstić information content (AvgIpc) is 3.23. The number of carbonyl (C=O) groups excluding carboxylic acids is 1. The standard InChI is InChI=1S/C14H16N2OS/c1-18-13-6-3-2-5-12(13)14(17)16(10-4-9-15)11-7-8-11/h2-3,5-6,11H,4,7-8,10H2,1H3. The van der Waals surface area contributed by atoms with E-state index in [2.05, 4.69) is 6.07 Å². The number of nitrogens with zero attached hydrogens (tertiary/aromatic N) is 2. The molecule has 0 spiro atoms. The highest BCUT2D eigenvalue weighted by Gasteiger charge is 2.33. The van der Waals surface area contributed by atoms with Gasteiger partial charge in [-0.2, -0.15) is 5.26 Å². The molecule has 0 bridgehead atoms. The van der Waals surface area contributed by atoms with Gasteiger partial charge in [-0.15, -0.1) is 11.8 Å². The zero-order valence-corrected chi connectivity index (χ0v) is 11.2. The van der Waals surface area contributed by atoms with Crippen LogP contribution in [0.4, 0.5) is 0 Å². The van der Waals surface area contributed by atoms with Crippen molar-refractivity contribution in [3.63, 3.8) is 0 Å². The lowest BCUT2D eigenvalue weighted by molar-refractivity contribution is 0.0743. The summed E-state index contributed by atoms with van der Waals surface area (Å²) in [5, 5.41) is 8.68. The predicted octanol–water partition coefficient (Wildman–Crippen LogP) is 2.93. The van der Waals surface area contributed by atoms with Crippen molar-refractivity contribution in [1.29, 1.82) is 5.26 Å². The third kappa shape index (κ3) is 2.85. The first-order valence-corrected chi connectivity index (χ1v) is 7.31. The largest absolute Gasteiger partial charge is 0.335 e. The lowest BCUT2D eigenvalue weighted by Crippen LogP contribution is -2.34. The quantitative estimate of drug-likeness (QED) is 0.765. The van der Waals surface area contributed by atoms with Gasteiger partial charge in [-0.3, -0.25) is 4.79 Å². The monoisotopic (exact) mass is 260 g/mol. The average molecular weight is 260 g/mol. The summed E-state index contributed by atoms with van der Waals surface area (Å²) >= 11 is 1.58. The van der Waals surface area contributed by atoms with E-state index in [0.29, 0.717) is 19.0 Å². The molecule has 1 saturated carbocycles. The van der Waals surface area contributed by atoms with Crippen LogP contribution in [0, 0.1) is 11.3 Å². The molecule has 0 radical (unpaired) electrons. The third-order valence-electron chi connectivity index (χ3n) is 3.05. The van der Waals surface area contributed by atoms with Crippen molar-refractivity contribution in [3.8, 4) is 6.07 Å². The van der Waals surface area contributed by atoms with Gasteiger partial charge in [0.05, 0.1) is 18.1 Å². The minimum Gasteiger partial charge on any atom is -0.335 e. The zero-order chi connectivity index (χ0) is 13.0. The second-order valence-corrected chi connectivity index (χ2v) is 5.19. The van der Waals surface area contributed by atoms with E-state index in [4.69, 9.17) is 5.26 Å². The number of rotatable bonds is 5. The predicted molar refractivity (Wildman–Crippen MR) is 72.5 cm³/mol. The number of nitriles is 1. The molecule has 0 atom stereocenters. The minimum absolute atomic E-state index is 0.0673. The van der Waals surface area contributed by atoms with Gasteiger partial charge in [0.2, 0.25) is 0 Å². The first-order chi connectivity index (χ1) is 8.77. The fourth-order valence-electron chi connectivity index (χ4n) is 1.98. The first-order valence-electron chi connectivity index (χ1n) is 6.09. The molecule has 0 aromatic heterocycles. The highest BCUT2D eigenvalue weighted by Crippen LogP contribution is 2.30. The van der Waals surface area contributed by atoms with E-state index in [1.54, 1.807) is 11.8 Å². The van der Waals surface area contributed by atoms with Crippen LogP contribution in [0.3, 0.4) is 0 Å². The SMILES string of the molecule is CSc1ccccc1C(=O)N(CCC#N)C1CC1. The molecule has 1 aromatic carbocycles. The Labute approximate surface area is 112 Å². The molecule has 1 amide bonds. The van der Waals surface area contributed by atoms with E-state index < -0.39 is 0 Å². The minimum atomic E-state index is 0.0673. The lowest BCUT2D eigenvalue weighted by Gasteiger charge is -2.22. The van der Waals surface area contributed by atoms with Crippen molar-refractivity contribution in [1.82, 2.24) is 4.90 Å². The van der Waals surface area contributed by atoms with Crippen LogP contribution in [0.1, 0.15) is 29.6 Å². The number of hydrogen-bond acceptors (Lipinski definition) is 3. The molecule has 0 heterocycles. The van der Waals surface area contributed by atoms with Gasteiger partial charge < -0.3 is 4.90 Å². The van der Waals surface area contributed by atoms with Crippen molar-refractivity contribution in [3.05, 3.63) is 29.8 Å². The van der Waals surface area contributed by atoms with Crippen LogP contribution in [0.15, 0.2) is 29.2 Å². The van der Waals surface area contributed by atoms with Crippen LogP contribution in [0.2, 0.25) is 0 Å². The highest BCUT2D eigenvalue weighted by molar-refractivity contribution is 7.98. The van der Waals surface area contributed by atoms with E-state index in [-0.39, 0.29) is 5.91 Å². The molecule has 0 aliphatic heterocycles. The van der Waals surface area contributed by atoms with Gasteiger partial charge in [-0.05, 0) is 31.2 Å². The summed E-state index contributed by atoms with van der Waals surface area (Å²) in [5.74, 6) is 0.0673. The Hall–Kier alpha value is -1.47. The summed E-state index contributed by atoms with van der Waals surface area (Å²) < 4.78 is 0. The molecule has 2 rings (SSSR count).